The van der Waals surface area contributed by atoms with Gasteiger partial charge >= 0.3 is 0 Å². The highest BCUT2D eigenvalue weighted by Gasteiger charge is 2.40. The normalized spacial score (nSPS) is 29.6. The number of carbonyl (C=O) groups excluding carboxylic acids is 2. The molecule has 1 saturated carbocycles. The van der Waals surface area contributed by atoms with Gasteiger partial charge < -0.3 is 15.5 Å². The molecule has 144 valence electrons. The Morgan fingerprint density at radius 1 is 1.12 bits per heavy atom. The van der Waals surface area contributed by atoms with Crippen molar-refractivity contribution in [3.05, 3.63) is 0 Å². The number of unbranched alkanes of at least 4 members (excludes halogenated alkanes) is 1. The fourth-order valence-electron chi connectivity index (χ4n) is 4.63. The van der Waals surface area contributed by atoms with Crippen molar-refractivity contribution in [2.24, 2.45) is 11.8 Å². The number of nitrogens with one attached hydrogen (secondary N) is 2. The lowest BCUT2D eigenvalue weighted by Crippen LogP contribution is -2.49. The van der Waals surface area contributed by atoms with E-state index in [1.165, 1.54) is 25.7 Å². The number of rotatable bonds is 5. The third-order valence-corrected chi connectivity index (χ3v) is 6.17. The van der Waals surface area contributed by atoms with E-state index in [1.807, 2.05) is 4.90 Å². The SMILES string of the molecule is CCCCNC(=O)C1CCN(C(=O)C2CC3CCCCC3N2)CC1.Cl. The van der Waals surface area contributed by atoms with Gasteiger partial charge in [0.25, 0.3) is 0 Å². The Morgan fingerprint density at radius 3 is 2.52 bits per heavy atom. The summed E-state index contributed by atoms with van der Waals surface area (Å²) in [5, 5.41) is 6.62. The molecule has 0 spiro atoms. The Bertz CT molecular complexity index is 438. The Labute approximate surface area is 158 Å². The van der Waals surface area contributed by atoms with Crippen molar-refractivity contribution in [1.82, 2.24) is 15.5 Å². The molecule has 2 heterocycles. The molecule has 2 N–H and O–H groups in total. The smallest absolute Gasteiger partial charge is 0.239 e. The predicted octanol–water partition coefficient (Wildman–Crippen LogP) is 2.48. The van der Waals surface area contributed by atoms with Crippen molar-refractivity contribution in [2.45, 2.75) is 76.8 Å². The fourth-order valence-corrected chi connectivity index (χ4v) is 4.63. The lowest BCUT2D eigenvalue weighted by Gasteiger charge is -2.33. The summed E-state index contributed by atoms with van der Waals surface area (Å²) >= 11 is 0. The maximum absolute atomic E-state index is 12.8. The molecular weight excluding hydrogens is 338 g/mol. The van der Waals surface area contributed by atoms with Gasteiger partial charge in [0.2, 0.25) is 11.8 Å². The molecule has 2 aliphatic heterocycles. The van der Waals surface area contributed by atoms with Gasteiger partial charge in [-0.05, 0) is 44.4 Å². The third-order valence-electron chi connectivity index (χ3n) is 6.17. The van der Waals surface area contributed by atoms with Crippen LogP contribution in [0.2, 0.25) is 0 Å². The number of halogens is 1. The van der Waals surface area contributed by atoms with E-state index >= 15 is 0 Å². The molecule has 2 saturated heterocycles. The van der Waals surface area contributed by atoms with Crippen LogP contribution in [-0.2, 0) is 9.59 Å². The fraction of sp³-hybridized carbons (Fsp3) is 0.895. The number of carbonyl (C=O) groups is 2. The van der Waals surface area contributed by atoms with Gasteiger partial charge in [-0.1, -0.05) is 26.2 Å². The summed E-state index contributed by atoms with van der Waals surface area (Å²) in [4.78, 5) is 26.9. The van der Waals surface area contributed by atoms with Gasteiger partial charge in [0.05, 0.1) is 6.04 Å². The van der Waals surface area contributed by atoms with E-state index in [9.17, 15) is 9.59 Å². The lowest BCUT2D eigenvalue weighted by atomic mass is 9.85. The van der Waals surface area contributed by atoms with Crippen LogP contribution >= 0.6 is 12.4 Å². The monoisotopic (exact) mass is 371 g/mol. The first-order chi connectivity index (χ1) is 11.7. The van der Waals surface area contributed by atoms with Gasteiger partial charge in [-0.3, -0.25) is 9.59 Å². The molecule has 0 aromatic carbocycles. The van der Waals surface area contributed by atoms with E-state index in [0.717, 1.165) is 51.7 Å². The molecule has 6 heteroatoms. The summed E-state index contributed by atoms with van der Waals surface area (Å²) in [5.41, 5.74) is 0. The van der Waals surface area contributed by atoms with Gasteiger partial charge in [-0.2, -0.15) is 0 Å². The maximum atomic E-state index is 12.8. The van der Waals surface area contributed by atoms with Gasteiger partial charge in [-0.25, -0.2) is 0 Å². The molecule has 3 rings (SSSR count). The van der Waals surface area contributed by atoms with Crippen LogP contribution in [0.3, 0.4) is 0 Å². The minimum absolute atomic E-state index is 0. The first-order valence-electron chi connectivity index (χ1n) is 10.0. The first kappa shape index (κ1) is 20.5. The largest absolute Gasteiger partial charge is 0.356 e. The van der Waals surface area contributed by atoms with Crippen molar-refractivity contribution in [3.8, 4) is 0 Å². The second-order valence-corrected chi connectivity index (χ2v) is 7.85. The first-order valence-corrected chi connectivity index (χ1v) is 10.0. The Kier molecular flexibility index (Phi) is 8.01. The minimum Gasteiger partial charge on any atom is -0.356 e. The quantitative estimate of drug-likeness (QED) is 0.730. The molecule has 3 unspecified atom stereocenters. The number of likely N-dealkylation sites (tertiary alicyclic amines) is 1. The van der Waals surface area contributed by atoms with Crippen LogP contribution in [-0.4, -0.2) is 48.4 Å². The molecule has 25 heavy (non-hydrogen) atoms. The topological polar surface area (TPSA) is 61.4 Å². The number of piperidine rings is 1. The molecule has 5 nitrogen and oxygen atoms in total. The second-order valence-electron chi connectivity index (χ2n) is 7.85. The van der Waals surface area contributed by atoms with E-state index in [1.54, 1.807) is 0 Å². The van der Waals surface area contributed by atoms with Crippen LogP contribution < -0.4 is 10.6 Å². The standard InChI is InChI=1S/C19H33N3O2.ClH/c1-2-3-10-20-18(23)14-8-11-22(12-9-14)19(24)17-13-15-6-4-5-7-16(15)21-17;/h14-17,21H,2-13H2,1H3,(H,20,23);1H. The van der Waals surface area contributed by atoms with Gasteiger partial charge in [0, 0.05) is 31.6 Å². The van der Waals surface area contributed by atoms with Gasteiger partial charge in [-0.15, -0.1) is 12.4 Å². The van der Waals surface area contributed by atoms with Crippen molar-refractivity contribution < 1.29 is 9.59 Å². The van der Waals surface area contributed by atoms with E-state index < -0.39 is 0 Å². The summed E-state index contributed by atoms with van der Waals surface area (Å²) in [6, 6.07) is 0.586. The van der Waals surface area contributed by atoms with Crippen LogP contribution in [0.5, 0.6) is 0 Å². The molecule has 0 radical (unpaired) electrons. The zero-order valence-electron chi connectivity index (χ0n) is 15.5. The summed E-state index contributed by atoms with van der Waals surface area (Å²) < 4.78 is 0. The van der Waals surface area contributed by atoms with Crippen molar-refractivity contribution in [3.63, 3.8) is 0 Å². The maximum Gasteiger partial charge on any atom is 0.239 e. The van der Waals surface area contributed by atoms with Crippen LogP contribution in [0.4, 0.5) is 0 Å². The van der Waals surface area contributed by atoms with Crippen LogP contribution in [0.1, 0.15) is 64.7 Å². The highest BCUT2D eigenvalue weighted by molar-refractivity contribution is 5.85. The molecule has 3 atom stereocenters. The molecule has 2 amide bonds. The number of amides is 2. The van der Waals surface area contributed by atoms with Crippen molar-refractivity contribution in [2.75, 3.05) is 19.6 Å². The zero-order valence-corrected chi connectivity index (χ0v) is 16.3. The summed E-state index contributed by atoms with van der Waals surface area (Å²) in [6.45, 7) is 4.38. The molecule has 0 aromatic rings. The number of hydrogen-bond donors (Lipinski definition) is 2. The van der Waals surface area contributed by atoms with Crippen LogP contribution in [0.25, 0.3) is 0 Å². The van der Waals surface area contributed by atoms with E-state index in [-0.39, 0.29) is 36.2 Å². The highest BCUT2D eigenvalue weighted by atomic mass is 35.5. The molecule has 3 aliphatic rings. The third kappa shape index (κ3) is 5.10. The summed E-state index contributed by atoms with van der Waals surface area (Å²) in [7, 11) is 0. The highest BCUT2D eigenvalue weighted by Crippen LogP contribution is 2.34. The van der Waals surface area contributed by atoms with E-state index in [0.29, 0.717) is 12.0 Å². The molecular formula is C19H34ClN3O2. The van der Waals surface area contributed by atoms with E-state index in [2.05, 4.69) is 17.6 Å². The number of fused-ring (bicyclic) bond motifs is 1. The average Bonchev–Trinajstić information content (AvgIpc) is 3.05. The molecule has 0 bridgehead atoms. The Morgan fingerprint density at radius 2 is 1.84 bits per heavy atom. The van der Waals surface area contributed by atoms with Gasteiger partial charge in [0.1, 0.15) is 0 Å². The second kappa shape index (κ2) is 9.77. The molecule has 1 aliphatic carbocycles. The van der Waals surface area contributed by atoms with E-state index in [4.69, 9.17) is 0 Å². The zero-order chi connectivity index (χ0) is 16.9. The predicted molar refractivity (Wildman–Crippen MR) is 102 cm³/mol. The molecule has 0 aromatic heterocycles. The Hall–Kier alpha value is -0.810. The summed E-state index contributed by atoms with van der Waals surface area (Å²) in [6.07, 6.45) is 9.90. The van der Waals surface area contributed by atoms with Crippen LogP contribution in [0.15, 0.2) is 0 Å². The lowest BCUT2D eigenvalue weighted by molar-refractivity contribution is -0.137. The molecule has 3 fully saturated rings. The van der Waals surface area contributed by atoms with Crippen LogP contribution in [0, 0.1) is 11.8 Å². The number of nitrogens with zero attached hydrogens (tertiary/aromatic N) is 1. The minimum atomic E-state index is 0. The summed E-state index contributed by atoms with van der Waals surface area (Å²) in [5.74, 6) is 1.24. The average molecular weight is 372 g/mol. The Balaban J connectivity index is 0.00000225. The number of hydrogen-bond acceptors (Lipinski definition) is 3. The van der Waals surface area contributed by atoms with Crippen molar-refractivity contribution >= 4 is 24.2 Å². The van der Waals surface area contributed by atoms with Crippen molar-refractivity contribution in [1.29, 1.82) is 0 Å². The van der Waals surface area contributed by atoms with Gasteiger partial charge in [0.15, 0.2) is 0 Å².